The number of rotatable bonds is 11. The number of hydrogen-bond donors (Lipinski definition) is 12. The Morgan fingerprint density at radius 1 is 0.591 bits per heavy atom. The number of ether oxygens (including phenoxy) is 7. The molecule has 0 radical (unpaired) electrons. The molecular weight excluding hydrogens is 868 g/mol. The first kappa shape index (κ1) is 51.6. The van der Waals surface area contributed by atoms with Crippen LogP contribution in [-0.2, 0) is 33.2 Å². The molecule has 8 rings (SSSR count). The molecule has 12 N–H and O–H groups in total. The van der Waals surface area contributed by atoms with Gasteiger partial charge in [-0.05, 0) is 98.2 Å². The summed E-state index contributed by atoms with van der Waals surface area (Å²) in [5, 5.41) is 129. The zero-order chi connectivity index (χ0) is 47.9. The van der Waals surface area contributed by atoms with Gasteiger partial charge >= 0.3 is 0 Å². The van der Waals surface area contributed by atoms with Crippen molar-refractivity contribution >= 4 is 0 Å². The molecule has 0 unspecified atom stereocenters. The van der Waals surface area contributed by atoms with Crippen LogP contribution in [-0.4, -0.2) is 205 Å². The van der Waals surface area contributed by atoms with Crippen molar-refractivity contribution in [1.29, 1.82) is 0 Å². The highest BCUT2D eigenvalue weighted by atomic mass is 16.8. The smallest absolute Gasteiger partial charge is 0.187 e. The fourth-order valence-corrected chi connectivity index (χ4v) is 15.1. The van der Waals surface area contributed by atoms with Crippen LogP contribution in [0.5, 0.6) is 0 Å². The maximum atomic E-state index is 12.5. The van der Waals surface area contributed by atoms with E-state index in [1.165, 1.54) is 0 Å². The van der Waals surface area contributed by atoms with Crippen LogP contribution in [0.15, 0.2) is 0 Å². The molecule has 4 aliphatic heterocycles. The molecule has 0 aromatic carbocycles. The van der Waals surface area contributed by atoms with Gasteiger partial charge in [0, 0.05) is 23.4 Å². The lowest BCUT2D eigenvalue weighted by Gasteiger charge is -2.73. The highest BCUT2D eigenvalue weighted by molar-refractivity contribution is 5.19. The number of hydrogen-bond acceptors (Lipinski definition) is 19. The molecule has 26 atom stereocenters. The third kappa shape index (κ3) is 8.35. The van der Waals surface area contributed by atoms with Crippen molar-refractivity contribution in [3.63, 3.8) is 0 Å². The van der Waals surface area contributed by atoms with Gasteiger partial charge in [-0.25, -0.2) is 0 Å². The van der Waals surface area contributed by atoms with Crippen LogP contribution >= 0.6 is 0 Å². The van der Waals surface area contributed by atoms with Gasteiger partial charge in [-0.3, -0.25) is 0 Å². The van der Waals surface area contributed by atoms with E-state index in [2.05, 4.69) is 20.8 Å². The highest BCUT2D eigenvalue weighted by Crippen LogP contribution is 2.75. The topological polar surface area (TPSA) is 307 Å². The van der Waals surface area contributed by atoms with E-state index in [0.29, 0.717) is 25.9 Å². The minimum absolute atomic E-state index is 0.0265. The molecule has 4 heterocycles. The van der Waals surface area contributed by atoms with Gasteiger partial charge in [-0.15, -0.1) is 0 Å². The molecule has 8 aliphatic rings. The second kappa shape index (κ2) is 19.3. The molecule has 19 heteroatoms. The molecule has 8 fully saturated rings. The van der Waals surface area contributed by atoms with Gasteiger partial charge in [0.1, 0.15) is 67.1 Å². The highest BCUT2D eigenvalue weighted by Gasteiger charge is 2.71. The molecule has 0 aromatic heterocycles. The average Bonchev–Trinajstić information content (AvgIpc) is 3.30. The summed E-state index contributed by atoms with van der Waals surface area (Å²) in [6.45, 7) is 9.85. The zero-order valence-corrected chi connectivity index (χ0v) is 39.2. The minimum atomic E-state index is -1.74. The Balaban J connectivity index is 1.09. The van der Waals surface area contributed by atoms with Crippen LogP contribution in [0.25, 0.3) is 0 Å². The van der Waals surface area contributed by atoms with Crippen molar-refractivity contribution in [2.24, 2.45) is 50.7 Å². The largest absolute Gasteiger partial charge is 0.396 e. The molecule has 0 aromatic rings. The standard InChI is InChI=1S/C47H80O19/c1-22(16-48)25-8-13-47(21-61-25)15-14-45(4)23(39(47)59)6-7-29-43(2)11-10-30(65-42-38(35(56)33(54)27(18-50)64-42)66-40-36(57)31(52)24(51)19-60-40)44(3,28(43)9-12-46(29,45)5)20-62-41-37(58)34(55)32(53)26(17-49)63-41/h22-42,48-59H,6-21H2,1-5H3/t22-,23+,24+,25-,26+,27+,28+,29+,30-,31-,32+,33+,34-,35-,36+,37+,38+,39+,40-,41+,42-,43-,44-,45+,46+,47+/m0/s1. The Morgan fingerprint density at radius 2 is 1.26 bits per heavy atom. The van der Waals surface area contributed by atoms with Crippen molar-refractivity contribution in [2.75, 3.05) is 39.6 Å². The second-order valence-electron chi connectivity index (χ2n) is 22.8. The van der Waals surface area contributed by atoms with Crippen molar-refractivity contribution in [1.82, 2.24) is 0 Å². The van der Waals surface area contributed by atoms with E-state index in [9.17, 15) is 61.3 Å². The Morgan fingerprint density at radius 3 is 1.91 bits per heavy atom. The summed E-state index contributed by atoms with van der Waals surface area (Å²) in [7, 11) is 0. The average molecular weight is 949 g/mol. The van der Waals surface area contributed by atoms with Gasteiger partial charge in [0.25, 0.3) is 0 Å². The van der Waals surface area contributed by atoms with Crippen molar-refractivity contribution in [3.8, 4) is 0 Å². The third-order valence-corrected chi connectivity index (χ3v) is 19.5. The zero-order valence-electron chi connectivity index (χ0n) is 39.2. The predicted octanol–water partition coefficient (Wildman–Crippen LogP) is -1.34. The van der Waals surface area contributed by atoms with Gasteiger partial charge < -0.3 is 94.4 Å². The molecule has 4 saturated carbocycles. The lowest BCUT2D eigenvalue weighted by molar-refractivity contribution is -0.375. The van der Waals surface area contributed by atoms with Crippen LogP contribution in [0.4, 0.5) is 0 Å². The summed E-state index contributed by atoms with van der Waals surface area (Å²) in [5.41, 5.74) is -2.00. The van der Waals surface area contributed by atoms with E-state index >= 15 is 0 Å². The van der Waals surface area contributed by atoms with E-state index in [-0.39, 0.29) is 64.6 Å². The molecule has 0 bridgehead atoms. The summed E-state index contributed by atoms with van der Waals surface area (Å²) >= 11 is 0. The Kier molecular flexibility index (Phi) is 15.1. The Labute approximate surface area is 387 Å². The van der Waals surface area contributed by atoms with Gasteiger partial charge in [-0.1, -0.05) is 34.6 Å². The summed E-state index contributed by atoms with van der Waals surface area (Å²) < 4.78 is 43.2. The van der Waals surface area contributed by atoms with Gasteiger partial charge in [0.2, 0.25) is 0 Å². The minimum Gasteiger partial charge on any atom is -0.396 e. The van der Waals surface area contributed by atoms with E-state index in [1.54, 1.807) is 0 Å². The first-order chi connectivity index (χ1) is 31.1. The molecule has 0 amide bonds. The van der Waals surface area contributed by atoms with Crippen LogP contribution < -0.4 is 0 Å². The van der Waals surface area contributed by atoms with Gasteiger partial charge in [0.15, 0.2) is 18.9 Å². The normalized spacial score (nSPS) is 56.0. The van der Waals surface area contributed by atoms with Crippen LogP contribution in [0.3, 0.4) is 0 Å². The first-order valence-corrected chi connectivity index (χ1v) is 24.6. The van der Waals surface area contributed by atoms with E-state index in [1.807, 2.05) is 13.8 Å². The van der Waals surface area contributed by atoms with Crippen LogP contribution in [0, 0.1) is 50.7 Å². The molecule has 4 aliphatic carbocycles. The molecule has 1 spiro atoms. The molecule has 19 nitrogen and oxygen atoms in total. The van der Waals surface area contributed by atoms with Crippen molar-refractivity contribution < 1.29 is 94.4 Å². The number of aliphatic hydroxyl groups excluding tert-OH is 12. The Hall–Kier alpha value is -0.760. The summed E-state index contributed by atoms with van der Waals surface area (Å²) in [4.78, 5) is 0. The van der Waals surface area contributed by atoms with E-state index < -0.39 is 123 Å². The van der Waals surface area contributed by atoms with E-state index in [0.717, 1.165) is 44.9 Å². The fraction of sp³-hybridized carbons (Fsp3) is 1.00. The SMILES string of the molecule is C[C@@H](CO)[C@@H]1CC[C@@]2(CC[C@]3(C)[C@H](CC[C@@H]4[C@@]5(C)CC[C@H](O[C@@H]6O[C@H](CO)[C@@H](O)[C@H](O)[C@H]6O[C@@H]6OC[C@@H](O)[C@H](O)[C@H]6O)[C@@](C)(CO[C@@H]6O[C@H](CO)[C@@H](O)[C@H](O)[C@H]6O)[C@@H]5CC[C@]43C)[C@H]2O)CO1. The monoisotopic (exact) mass is 949 g/mol. The van der Waals surface area contributed by atoms with Crippen molar-refractivity contribution in [3.05, 3.63) is 0 Å². The second-order valence-corrected chi connectivity index (χ2v) is 22.8. The number of aliphatic hydroxyl groups is 12. The predicted molar refractivity (Wildman–Crippen MR) is 228 cm³/mol. The fourth-order valence-electron chi connectivity index (χ4n) is 15.1. The third-order valence-electron chi connectivity index (χ3n) is 19.5. The summed E-state index contributed by atoms with van der Waals surface area (Å²) in [6.07, 6.45) is -15.2. The Bertz CT molecular complexity index is 1640. The van der Waals surface area contributed by atoms with Crippen LogP contribution in [0.2, 0.25) is 0 Å². The van der Waals surface area contributed by atoms with Gasteiger partial charge in [0.05, 0.1) is 51.3 Å². The summed E-state index contributed by atoms with van der Waals surface area (Å²) in [6, 6.07) is 0. The maximum Gasteiger partial charge on any atom is 0.187 e. The molecule has 4 saturated heterocycles. The molecular formula is C47H80O19. The number of fused-ring (bicyclic) bond motifs is 5. The first-order valence-electron chi connectivity index (χ1n) is 24.6. The molecule has 66 heavy (non-hydrogen) atoms. The summed E-state index contributed by atoms with van der Waals surface area (Å²) in [5.74, 6) is 0.156. The maximum absolute atomic E-state index is 12.5. The lowest BCUT2D eigenvalue weighted by atomic mass is 9.33. The quantitative estimate of drug-likeness (QED) is 0.107. The van der Waals surface area contributed by atoms with Crippen LogP contribution in [0.1, 0.15) is 98.8 Å². The van der Waals surface area contributed by atoms with E-state index in [4.69, 9.17) is 33.2 Å². The molecule has 382 valence electrons. The van der Waals surface area contributed by atoms with Crippen molar-refractivity contribution in [2.45, 2.75) is 203 Å². The van der Waals surface area contributed by atoms with Gasteiger partial charge in [-0.2, -0.15) is 0 Å². The lowest BCUT2D eigenvalue weighted by Crippen LogP contribution is -2.69.